The topological polar surface area (TPSA) is 66.9 Å². The first-order chi connectivity index (χ1) is 13.5. The van der Waals surface area contributed by atoms with E-state index >= 15 is 0 Å². The van der Waals surface area contributed by atoms with E-state index in [0.717, 1.165) is 0 Å². The van der Waals surface area contributed by atoms with Crippen LogP contribution in [0.2, 0.25) is 5.02 Å². The van der Waals surface area contributed by atoms with Crippen LogP contribution in [0.5, 0.6) is 0 Å². The van der Waals surface area contributed by atoms with Gasteiger partial charge in [-0.3, -0.25) is 14.5 Å². The van der Waals surface area contributed by atoms with Gasteiger partial charge in [0, 0.05) is 30.0 Å². The lowest BCUT2D eigenvalue weighted by Crippen LogP contribution is -2.68. The fourth-order valence-corrected chi connectivity index (χ4v) is 4.24. The molecule has 6 nitrogen and oxygen atoms in total. The summed E-state index contributed by atoms with van der Waals surface area (Å²) >= 11 is 6.15. The van der Waals surface area contributed by atoms with Crippen LogP contribution in [-0.2, 0) is 20.9 Å². The fraction of sp³-hybridized carbons (Fsp3) is 0.286. The molecule has 1 atom stereocenters. The van der Waals surface area contributed by atoms with E-state index in [1.165, 1.54) is 9.80 Å². The molecule has 2 heterocycles. The van der Waals surface area contributed by atoms with E-state index in [0.29, 0.717) is 21.8 Å². The highest BCUT2D eigenvalue weighted by molar-refractivity contribution is 6.31. The lowest BCUT2D eigenvalue weighted by atomic mass is 9.96. The van der Waals surface area contributed by atoms with E-state index < -0.39 is 11.6 Å². The Morgan fingerprint density at radius 2 is 1.86 bits per heavy atom. The number of rotatable bonds is 4. The van der Waals surface area contributed by atoms with Gasteiger partial charge in [0.15, 0.2) is 0 Å². The Morgan fingerprint density at radius 1 is 1.14 bits per heavy atom. The molecular weight excluding hydrogens is 380 g/mol. The second kappa shape index (κ2) is 6.95. The Labute approximate surface area is 167 Å². The molecular formula is C21H19ClN2O4. The van der Waals surface area contributed by atoms with Crippen molar-refractivity contribution in [1.82, 2.24) is 4.90 Å². The third kappa shape index (κ3) is 2.59. The molecule has 0 radical (unpaired) electrons. The summed E-state index contributed by atoms with van der Waals surface area (Å²) in [5.74, 6) is -1.10. The fourth-order valence-electron chi connectivity index (χ4n) is 4.05. The summed E-state index contributed by atoms with van der Waals surface area (Å²) in [6, 6.07) is 13.9. The van der Waals surface area contributed by atoms with Crippen molar-refractivity contribution in [3.63, 3.8) is 0 Å². The maximum atomic E-state index is 13.3. The average molecular weight is 399 g/mol. The first kappa shape index (κ1) is 18.5. The molecule has 0 bridgehead atoms. The van der Waals surface area contributed by atoms with Crippen LogP contribution in [0.15, 0.2) is 48.5 Å². The van der Waals surface area contributed by atoms with Crippen LogP contribution >= 0.6 is 11.6 Å². The molecule has 28 heavy (non-hydrogen) atoms. The second-order valence-electron chi connectivity index (χ2n) is 6.78. The van der Waals surface area contributed by atoms with Crippen molar-refractivity contribution in [3.05, 3.63) is 64.7 Å². The minimum Gasteiger partial charge on any atom is -0.458 e. The van der Waals surface area contributed by atoms with Gasteiger partial charge in [-0.15, -0.1) is 0 Å². The summed E-state index contributed by atoms with van der Waals surface area (Å²) < 4.78 is 5.59. The Hall–Kier alpha value is -2.86. The molecule has 0 saturated carbocycles. The van der Waals surface area contributed by atoms with Crippen molar-refractivity contribution in [3.8, 4) is 0 Å². The predicted molar refractivity (Wildman–Crippen MR) is 104 cm³/mol. The number of nitrogens with zero attached hydrogens (tertiary/aromatic N) is 2. The first-order valence-corrected chi connectivity index (χ1v) is 9.53. The molecule has 144 valence electrons. The van der Waals surface area contributed by atoms with Crippen molar-refractivity contribution in [1.29, 1.82) is 0 Å². The maximum absolute atomic E-state index is 13.3. The molecule has 0 aliphatic carbocycles. The number of hydrogen-bond donors (Lipinski definition) is 0. The quantitative estimate of drug-likeness (QED) is 0.740. The van der Waals surface area contributed by atoms with Crippen molar-refractivity contribution in [2.75, 3.05) is 11.4 Å². The van der Waals surface area contributed by atoms with E-state index in [9.17, 15) is 14.4 Å². The standard InChI is InChI=1S/C21H19ClN2O4/c1-2-23-19(26)15-8-4-6-10-17(15)24-18(25)11-12-21(23,24)20(27)28-13-14-7-3-5-9-16(14)22/h3-10H,2,11-13H2,1H3/t21-/m0/s1. The number of amides is 2. The lowest BCUT2D eigenvalue weighted by molar-refractivity contribution is -0.158. The minimum atomic E-state index is -1.46. The molecule has 2 aromatic rings. The van der Waals surface area contributed by atoms with Crippen LogP contribution in [0.4, 0.5) is 5.69 Å². The van der Waals surface area contributed by atoms with Gasteiger partial charge >= 0.3 is 5.97 Å². The van der Waals surface area contributed by atoms with Gasteiger partial charge in [-0.25, -0.2) is 4.79 Å². The van der Waals surface area contributed by atoms with Crippen LogP contribution in [0.1, 0.15) is 35.7 Å². The van der Waals surface area contributed by atoms with E-state index in [2.05, 4.69) is 0 Å². The molecule has 1 fully saturated rings. The SMILES string of the molecule is CCN1C(=O)c2ccccc2N2C(=O)CC[C@]12C(=O)OCc1ccccc1Cl. The molecule has 4 rings (SSSR count). The van der Waals surface area contributed by atoms with Crippen LogP contribution in [-0.4, -0.2) is 34.9 Å². The van der Waals surface area contributed by atoms with E-state index in [4.69, 9.17) is 16.3 Å². The average Bonchev–Trinajstić information content (AvgIpc) is 3.06. The van der Waals surface area contributed by atoms with Crippen molar-refractivity contribution in [2.24, 2.45) is 0 Å². The Morgan fingerprint density at radius 3 is 2.61 bits per heavy atom. The van der Waals surface area contributed by atoms with Gasteiger partial charge in [-0.2, -0.15) is 0 Å². The zero-order valence-electron chi connectivity index (χ0n) is 15.4. The number of hydrogen-bond acceptors (Lipinski definition) is 4. The van der Waals surface area contributed by atoms with Gasteiger partial charge in [-0.1, -0.05) is 41.9 Å². The van der Waals surface area contributed by atoms with Gasteiger partial charge in [0.05, 0.1) is 11.3 Å². The van der Waals surface area contributed by atoms with Crippen LogP contribution < -0.4 is 4.90 Å². The Kier molecular flexibility index (Phi) is 4.59. The molecule has 2 aliphatic rings. The highest BCUT2D eigenvalue weighted by Crippen LogP contribution is 2.45. The van der Waals surface area contributed by atoms with E-state index in [-0.39, 0.29) is 37.8 Å². The summed E-state index contributed by atoms with van der Waals surface area (Å²) in [5, 5.41) is 0.490. The first-order valence-electron chi connectivity index (χ1n) is 9.15. The van der Waals surface area contributed by atoms with Crippen molar-refractivity contribution >= 4 is 35.1 Å². The predicted octanol–water partition coefficient (Wildman–Crippen LogP) is 3.38. The Balaban J connectivity index is 1.74. The monoisotopic (exact) mass is 398 g/mol. The third-order valence-electron chi connectivity index (χ3n) is 5.33. The summed E-state index contributed by atoms with van der Waals surface area (Å²) in [7, 11) is 0. The number of carbonyl (C=O) groups excluding carboxylic acids is 3. The highest BCUT2D eigenvalue weighted by atomic mass is 35.5. The normalized spacial score (nSPS) is 20.8. The van der Waals surface area contributed by atoms with Crippen molar-refractivity contribution in [2.45, 2.75) is 32.0 Å². The van der Waals surface area contributed by atoms with Gasteiger partial charge in [-0.05, 0) is 25.1 Å². The summed E-state index contributed by atoms with van der Waals surface area (Å²) in [5.41, 5.74) is 0.0670. The number of esters is 1. The van der Waals surface area contributed by atoms with Crippen LogP contribution in [0.25, 0.3) is 0 Å². The van der Waals surface area contributed by atoms with E-state index in [1.54, 1.807) is 55.5 Å². The van der Waals surface area contributed by atoms with Gasteiger partial charge in [0.25, 0.3) is 5.91 Å². The number of fused-ring (bicyclic) bond motifs is 3. The number of likely N-dealkylation sites (N-methyl/N-ethyl adjacent to an activating group) is 1. The lowest BCUT2D eigenvalue weighted by Gasteiger charge is -2.48. The second-order valence-corrected chi connectivity index (χ2v) is 7.19. The summed E-state index contributed by atoms with van der Waals surface area (Å²) in [6.45, 7) is 2.03. The van der Waals surface area contributed by atoms with Crippen LogP contribution in [0.3, 0.4) is 0 Å². The smallest absolute Gasteiger partial charge is 0.354 e. The molecule has 2 amide bonds. The van der Waals surface area contributed by atoms with Gasteiger partial charge < -0.3 is 9.64 Å². The zero-order chi connectivity index (χ0) is 19.9. The number of para-hydroxylation sites is 1. The number of anilines is 1. The zero-order valence-corrected chi connectivity index (χ0v) is 16.1. The summed E-state index contributed by atoms with van der Waals surface area (Å²) in [4.78, 5) is 42.0. The summed E-state index contributed by atoms with van der Waals surface area (Å²) in [6.07, 6.45) is 0.362. The molecule has 0 unspecified atom stereocenters. The van der Waals surface area contributed by atoms with Crippen LogP contribution in [0, 0.1) is 0 Å². The highest BCUT2D eigenvalue weighted by Gasteiger charge is 2.61. The maximum Gasteiger partial charge on any atom is 0.354 e. The number of ether oxygens (including phenoxy) is 1. The Bertz CT molecular complexity index is 976. The molecule has 0 spiro atoms. The molecule has 0 aromatic heterocycles. The minimum absolute atomic E-state index is 0.0321. The van der Waals surface area contributed by atoms with E-state index in [1.807, 2.05) is 0 Å². The molecule has 1 saturated heterocycles. The van der Waals surface area contributed by atoms with Gasteiger partial charge in [0.2, 0.25) is 11.6 Å². The number of benzene rings is 2. The molecule has 7 heteroatoms. The number of carbonyl (C=O) groups is 3. The van der Waals surface area contributed by atoms with Gasteiger partial charge in [0.1, 0.15) is 6.61 Å². The number of halogens is 1. The molecule has 0 N–H and O–H groups in total. The van der Waals surface area contributed by atoms with Crippen molar-refractivity contribution < 1.29 is 19.1 Å². The third-order valence-corrected chi connectivity index (χ3v) is 5.70. The molecule has 2 aliphatic heterocycles. The largest absolute Gasteiger partial charge is 0.458 e. The molecule has 2 aromatic carbocycles.